The van der Waals surface area contributed by atoms with Crippen LogP contribution in [0, 0.1) is 0 Å². The van der Waals surface area contributed by atoms with Crippen molar-refractivity contribution in [3.63, 3.8) is 0 Å². The van der Waals surface area contributed by atoms with Crippen molar-refractivity contribution >= 4 is 34.9 Å². The van der Waals surface area contributed by atoms with Crippen molar-refractivity contribution in [1.29, 1.82) is 0 Å². The van der Waals surface area contributed by atoms with Gasteiger partial charge in [0.2, 0.25) is 5.91 Å². The summed E-state index contributed by atoms with van der Waals surface area (Å²) in [5, 5.41) is 3.39. The van der Waals surface area contributed by atoms with Crippen molar-refractivity contribution in [3.05, 3.63) is 22.3 Å². The Hall–Kier alpha value is -0.880. The van der Waals surface area contributed by atoms with E-state index in [0.29, 0.717) is 22.4 Å². The van der Waals surface area contributed by atoms with Crippen molar-refractivity contribution in [2.45, 2.75) is 6.04 Å². The summed E-state index contributed by atoms with van der Waals surface area (Å²) in [6, 6.07) is 1.71. The number of nitrogens with one attached hydrogen (secondary N) is 1. The fourth-order valence-corrected chi connectivity index (χ4v) is 2.05. The number of nitrogens with zero attached hydrogens (tertiary/aromatic N) is 2. The van der Waals surface area contributed by atoms with Gasteiger partial charge in [0.15, 0.2) is 5.82 Å². The number of anilines is 1. The van der Waals surface area contributed by atoms with Gasteiger partial charge in [-0.25, -0.2) is 4.98 Å². The van der Waals surface area contributed by atoms with E-state index in [2.05, 4.69) is 10.3 Å². The maximum Gasteiger partial charge on any atom is 0.239 e. The lowest BCUT2D eigenvalue weighted by atomic mass is 10.1. The topological polar surface area (TPSA) is 71.2 Å². The van der Waals surface area contributed by atoms with E-state index in [1.165, 1.54) is 12.3 Å². The van der Waals surface area contributed by atoms with Gasteiger partial charge in [-0.1, -0.05) is 23.2 Å². The number of nitrogens with two attached hydrogens (primary N) is 1. The highest BCUT2D eigenvalue weighted by Crippen LogP contribution is 2.22. The molecule has 0 aliphatic carbocycles. The van der Waals surface area contributed by atoms with Crippen LogP contribution in [-0.2, 0) is 4.79 Å². The highest BCUT2D eigenvalue weighted by Gasteiger charge is 2.24. The number of carbonyl (C=O) groups is 1. The third-order valence-corrected chi connectivity index (χ3v) is 2.91. The maximum absolute atomic E-state index is 11.6. The van der Waals surface area contributed by atoms with Crippen molar-refractivity contribution in [3.8, 4) is 0 Å². The largest absolute Gasteiger partial charge is 0.325 e. The minimum atomic E-state index is -0.159. The minimum Gasteiger partial charge on any atom is -0.325 e. The molecular formula is C10H12Cl2N4O. The van der Waals surface area contributed by atoms with Gasteiger partial charge in [0.25, 0.3) is 0 Å². The van der Waals surface area contributed by atoms with Crippen LogP contribution in [0.5, 0.6) is 0 Å². The normalized spacial score (nSPS) is 16.6. The Kier molecular flexibility index (Phi) is 3.83. The number of carbonyl (C=O) groups excluding carboxylic acids is 1. The maximum atomic E-state index is 11.6. The molecule has 0 atom stereocenters. The van der Waals surface area contributed by atoms with E-state index in [9.17, 15) is 4.79 Å². The van der Waals surface area contributed by atoms with E-state index in [1.807, 2.05) is 4.90 Å². The fourth-order valence-electron chi connectivity index (χ4n) is 1.62. The average Bonchev–Trinajstić information content (AvgIpc) is 2.20. The second-order valence-corrected chi connectivity index (χ2v) is 4.83. The van der Waals surface area contributed by atoms with Crippen molar-refractivity contribution in [1.82, 2.24) is 9.88 Å². The molecule has 1 saturated heterocycles. The van der Waals surface area contributed by atoms with Gasteiger partial charge in [0.05, 0.1) is 16.6 Å². The lowest BCUT2D eigenvalue weighted by Gasteiger charge is -2.35. The van der Waals surface area contributed by atoms with E-state index in [0.717, 1.165) is 13.1 Å². The van der Waals surface area contributed by atoms with Crippen LogP contribution in [0.1, 0.15) is 0 Å². The molecule has 17 heavy (non-hydrogen) atoms. The molecule has 92 valence electrons. The second-order valence-electron chi connectivity index (χ2n) is 3.99. The third-order valence-electron chi connectivity index (χ3n) is 2.42. The second kappa shape index (κ2) is 5.18. The SMILES string of the molecule is NC1CN(CC(=O)Nc2ncc(Cl)cc2Cl)C1. The first-order valence-corrected chi connectivity index (χ1v) is 5.89. The van der Waals surface area contributed by atoms with E-state index in [1.54, 1.807) is 0 Å². The first kappa shape index (κ1) is 12.6. The average molecular weight is 275 g/mol. The molecule has 1 aromatic rings. The molecular weight excluding hydrogens is 263 g/mol. The smallest absolute Gasteiger partial charge is 0.239 e. The first-order chi connectivity index (χ1) is 8.04. The van der Waals surface area contributed by atoms with Crippen LogP contribution in [0.2, 0.25) is 10.0 Å². The molecule has 2 rings (SSSR count). The molecule has 0 radical (unpaired) electrons. The van der Waals surface area contributed by atoms with E-state index < -0.39 is 0 Å². The van der Waals surface area contributed by atoms with Gasteiger partial charge >= 0.3 is 0 Å². The molecule has 1 aromatic heterocycles. The molecule has 3 N–H and O–H groups in total. The van der Waals surface area contributed by atoms with Crippen molar-refractivity contribution in [2.24, 2.45) is 5.73 Å². The summed E-state index contributed by atoms with van der Waals surface area (Å²) < 4.78 is 0. The molecule has 0 spiro atoms. The van der Waals surface area contributed by atoms with Crippen LogP contribution in [0.3, 0.4) is 0 Å². The number of pyridine rings is 1. The molecule has 0 saturated carbocycles. The summed E-state index contributed by atoms with van der Waals surface area (Å²) in [6.07, 6.45) is 1.43. The summed E-state index contributed by atoms with van der Waals surface area (Å²) in [5.41, 5.74) is 5.62. The van der Waals surface area contributed by atoms with Crippen LogP contribution < -0.4 is 11.1 Å². The van der Waals surface area contributed by atoms with Crippen LogP contribution in [0.25, 0.3) is 0 Å². The number of likely N-dealkylation sites (tertiary alicyclic amines) is 1. The Morgan fingerprint density at radius 1 is 1.59 bits per heavy atom. The molecule has 0 bridgehead atoms. The number of amides is 1. The molecule has 5 nitrogen and oxygen atoms in total. The molecule has 0 aromatic carbocycles. The lowest BCUT2D eigenvalue weighted by Crippen LogP contribution is -2.57. The number of aromatic nitrogens is 1. The summed E-state index contributed by atoms with van der Waals surface area (Å²) in [4.78, 5) is 17.5. The monoisotopic (exact) mass is 274 g/mol. The highest BCUT2D eigenvalue weighted by molar-refractivity contribution is 6.36. The van der Waals surface area contributed by atoms with Gasteiger partial charge < -0.3 is 11.1 Å². The quantitative estimate of drug-likeness (QED) is 0.862. The van der Waals surface area contributed by atoms with E-state index >= 15 is 0 Å². The minimum absolute atomic E-state index is 0.159. The highest BCUT2D eigenvalue weighted by atomic mass is 35.5. The fraction of sp³-hybridized carbons (Fsp3) is 0.400. The molecule has 0 unspecified atom stereocenters. The van der Waals surface area contributed by atoms with Crippen molar-refractivity contribution in [2.75, 3.05) is 25.0 Å². The summed E-state index contributed by atoms with van der Waals surface area (Å²) in [6.45, 7) is 1.79. The van der Waals surface area contributed by atoms with Crippen LogP contribution in [0.15, 0.2) is 12.3 Å². The van der Waals surface area contributed by atoms with E-state index in [4.69, 9.17) is 28.9 Å². The van der Waals surface area contributed by atoms with Crippen LogP contribution >= 0.6 is 23.2 Å². The summed E-state index contributed by atoms with van der Waals surface area (Å²) >= 11 is 11.6. The Balaban J connectivity index is 1.89. The van der Waals surface area contributed by atoms with Crippen molar-refractivity contribution < 1.29 is 4.79 Å². The predicted octanol–water partition coefficient (Wildman–Crippen LogP) is 0.970. The van der Waals surface area contributed by atoms with Crippen LogP contribution in [0.4, 0.5) is 5.82 Å². The Bertz CT molecular complexity index is 434. The Labute approximate surface area is 109 Å². The Morgan fingerprint density at radius 2 is 2.29 bits per heavy atom. The summed E-state index contributed by atoms with van der Waals surface area (Å²) in [7, 11) is 0. The van der Waals surface area contributed by atoms with Gasteiger partial charge in [-0.05, 0) is 6.07 Å². The number of rotatable bonds is 3. The zero-order valence-corrected chi connectivity index (χ0v) is 10.5. The van der Waals surface area contributed by atoms with Gasteiger partial charge in [0.1, 0.15) is 0 Å². The summed E-state index contributed by atoms with van der Waals surface area (Å²) in [5.74, 6) is 0.166. The van der Waals surface area contributed by atoms with Gasteiger partial charge in [-0.3, -0.25) is 9.69 Å². The lowest BCUT2D eigenvalue weighted by molar-refractivity contribution is -0.118. The third kappa shape index (κ3) is 3.29. The Morgan fingerprint density at radius 3 is 2.88 bits per heavy atom. The van der Waals surface area contributed by atoms with Gasteiger partial charge in [-0.2, -0.15) is 0 Å². The standard InChI is InChI=1S/C10H12Cl2N4O/c11-6-1-8(12)10(14-2-6)15-9(17)5-16-3-7(13)4-16/h1-2,7H,3-5,13H2,(H,14,15,17). The zero-order valence-electron chi connectivity index (χ0n) is 8.99. The molecule has 1 amide bonds. The molecule has 2 heterocycles. The number of halogens is 2. The molecule has 1 aliphatic heterocycles. The number of hydrogen-bond acceptors (Lipinski definition) is 4. The van der Waals surface area contributed by atoms with Crippen LogP contribution in [-0.4, -0.2) is 41.5 Å². The molecule has 7 heteroatoms. The first-order valence-electron chi connectivity index (χ1n) is 5.13. The number of hydrogen-bond donors (Lipinski definition) is 2. The predicted molar refractivity (Wildman–Crippen MR) is 67.3 cm³/mol. The molecule has 1 aliphatic rings. The van der Waals surface area contributed by atoms with Gasteiger partial charge in [-0.15, -0.1) is 0 Å². The van der Waals surface area contributed by atoms with E-state index in [-0.39, 0.29) is 11.9 Å². The van der Waals surface area contributed by atoms with Gasteiger partial charge in [0, 0.05) is 25.3 Å². The molecule has 1 fully saturated rings. The zero-order chi connectivity index (χ0) is 12.4.